The van der Waals surface area contributed by atoms with E-state index in [4.69, 9.17) is 21.8 Å². The van der Waals surface area contributed by atoms with Gasteiger partial charge in [0, 0.05) is 34.6 Å². The van der Waals surface area contributed by atoms with E-state index in [2.05, 4.69) is 24.3 Å². The maximum Gasteiger partial charge on any atom is 0.274 e. The minimum absolute atomic E-state index is 0.0445. The van der Waals surface area contributed by atoms with E-state index in [0.29, 0.717) is 22.7 Å². The number of Topliss-reactive ketones (excluding diaryl/α,β-unsaturated/α-hetero) is 1. The Labute approximate surface area is 201 Å². The van der Waals surface area contributed by atoms with E-state index < -0.39 is 11.9 Å². The number of nitrogens with zero attached hydrogens (tertiary/aromatic N) is 1. The van der Waals surface area contributed by atoms with Crippen molar-refractivity contribution in [1.29, 1.82) is 0 Å². The summed E-state index contributed by atoms with van der Waals surface area (Å²) in [7, 11) is 0. The Kier molecular flexibility index (Phi) is 5.97. The summed E-state index contributed by atoms with van der Waals surface area (Å²) < 4.78 is 0. The van der Waals surface area contributed by atoms with E-state index in [1.165, 1.54) is 0 Å². The molecule has 1 atom stereocenters. The van der Waals surface area contributed by atoms with Crippen molar-refractivity contribution in [2.75, 3.05) is 0 Å². The van der Waals surface area contributed by atoms with Gasteiger partial charge >= 0.3 is 0 Å². The lowest BCUT2D eigenvalue weighted by Crippen LogP contribution is -2.23. The first kappa shape index (κ1) is 22.0. The molecule has 168 valence electrons. The summed E-state index contributed by atoms with van der Waals surface area (Å²) in [5, 5.41) is 11.7. The quantitative estimate of drug-likeness (QED) is 0.319. The zero-order chi connectivity index (χ0) is 23.7. The third-order valence-electron chi connectivity index (χ3n) is 6.11. The van der Waals surface area contributed by atoms with Crippen molar-refractivity contribution in [3.05, 3.63) is 118 Å². The Balaban J connectivity index is 1.57. The number of rotatable bonds is 4. The van der Waals surface area contributed by atoms with E-state index >= 15 is 0 Å². The highest BCUT2D eigenvalue weighted by Crippen LogP contribution is 2.27. The molecule has 0 fully saturated rings. The average Bonchev–Trinajstić information content (AvgIpc) is 2.99. The van der Waals surface area contributed by atoms with E-state index in [0.717, 1.165) is 33.0 Å². The van der Waals surface area contributed by atoms with E-state index in [1.807, 2.05) is 30.3 Å². The molecule has 6 heteroatoms. The van der Waals surface area contributed by atoms with Crippen LogP contribution in [0.2, 0.25) is 5.02 Å². The fraction of sp³-hybridized carbons (Fsp3) is 0.107. The van der Waals surface area contributed by atoms with E-state index in [1.54, 1.807) is 35.8 Å². The van der Waals surface area contributed by atoms with Crippen LogP contribution in [0, 0.1) is 0 Å². The van der Waals surface area contributed by atoms with Crippen LogP contribution in [0.15, 0.2) is 89.9 Å². The predicted molar refractivity (Wildman–Crippen MR) is 133 cm³/mol. The number of ketones is 1. The van der Waals surface area contributed by atoms with Gasteiger partial charge < -0.3 is 0 Å². The molecule has 2 N–H and O–H groups in total. The maximum atomic E-state index is 13.3. The molecule has 1 heterocycles. The minimum atomic E-state index is -0.595. The number of fused-ring (bicyclic) bond motifs is 2. The number of hydrogen-bond donors (Lipinski definition) is 2. The van der Waals surface area contributed by atoms with Crippen LogP contribution in [-0.4, -0.2) is 28.7 Å². The highest BCUT2D eigenvalue weighted by Gasteiger charge is 2.26. The van der Waals surface area contributed by atoms with Crippen molar-refractivity contribution in [1.82, 2.24) is 5.48 Å². The molecule has 0 bridgehead atoms. The average molecular weight is 469 g/mol. The fourth-order valence-corrected chi connectivity index (χ4v) is 4.52. The van der Waals surface area contributed by atoms with Gasteiger partial charge in [0.2, 0.25) is 0 Å². The summed E-state index contributed by atoms with van der Waals surface area (Å²) >= 11 is 6.31. The van der Waals surface area contributed by atoms with Gasteiger partial charge in [-0.15, -0.1) is 0 Å². The second kappa shape index (κ2) is 9.21. The van der Waals surface area contributed by atoms with Crippen LogP contribution in [0.3, 0.4) is 0 Å². The zero-order valence-electron chi connectivity index (χ0n) is 18.2. The van der Waals surface area contributed by atoms with Crippen molar-refractivity contribution in [2.24, 2.45) is 4.99 Å². The van der Waals surface area contributed by atoms with Gasteiger partial charge in [0.15, 0.2) is 5.78 Å². The van der Waals surface area contributed by atoms with Crippen LogP contribution in [0.25, 0.3) is 10.8 Å². The normalized spacial score (nSPS) is 15.4. The van der Waals surface area contributed by atoms with Crippen LogP contribution in [0.5, 0.6) is 0 Å². The lowest BCUT2D eigenvalue weighted by Gasteiger charge is -2.13. The molecule has 0 aliphatic carbocycles. The largest absolute Gasteiger partial charge is 0.297 e. The number of hydroxylamine groups is 1. The topological polar surface area (TPSA) is 78.8 Å². The van der Waals surface area contributed by atoms with Crippen LogP contribution < -0.4 is 5.48 Å². The lowest BCUT2D eigenvalue weighted by atomic mass is 9.94. The number of halogens is 1. The third-order valence-corrected chi connectivity index (χ3v) is 6.35. The summed E-state index contributed by atoms with van der Waals surface area (Å²) in [4.78, 5) is 29.9. The Morgan fingerprint density at radius 1 is 0.971 bits per heavy atom. The summed E-state index contributed by atoms with van der Waals surface area (Å²) in [5.41, 5.74) is 6.08. The number of nitrogens with one attached hydrogen (secondary N) is 1. The first-order valence-electron chi connectivity index (χ1n) is 10.9. The highest BCUT2D eigenvalue weighted by molar-refractivity contribution is 6.31. The Morgan fingerprint density at radius 3 is 2.50 bits per heavy atom. The lowest BCUT2D eigenvalue weighted by molar-refractivity contribution is -0.119. The van der Waals surface area contributed by atoms with Crippen molar-refractivity contribution in [3.63, 3.8) is 0 Å². The van der Waals surface area contributed by atoms with E-state index in [9.17, 15) is 9.59 Å². The second-order valence-corrected chi connectivity index (χ2v) is 8.78. The van der Waals surface area contributed by atoms with Crippen LogP contribution in [0.4, 0.5) is 0 Å². The van der Waals surface area contributed by atoms with Crippen molar-refractivity contribution >= 4 is 39.8 Å². The van der Waals surface area contributed by atoms with Gasteiger partial charge in [-0.1, -0.05) is 72.3 Å². The van der Waals surface area contributed by atoms with Crippen LogP contribution >= 0.6 is 11.6 Å². The number of aliphatic imine (C=N–C) groups is 1. The molecule has 0 aromatic heterocycles. The molecule has 0 saturated carbocycles. The van der Waals surface area contributed by atoms with Gasteiger partial charge in [-0.2, -0.15) is 0 Å². The smallest absolute Gasteiger partial charge is 0.274 e. The number of carbonyl (C=O) groups is 2. The number of benzene rings is 4. The Hall–Kier alpha value is -3.80. The van der Waals surface area contributed by atoms with Crippen LogP contribution in [-0.2, 0) is 17.6 Å². The van der Waals surface area contributed by atoms with Crippen LogP contribution in [0.1, 0.15) is 32.6 Å². The van der Waals surface area contributed by atoms with Crippen molar-refractivity contribution < 1.29 is 14.8 Å². The molecule has 0 spiro atoms. The molecule has 5 nitrogen and oxygen atoms in total. The molecular formula is C28H21ClN2O3. The standard InChI is InChI=1S/C28H21ClN2O3/c29-23-12-11-22-15-26(32)25(14-17-5-6-18-3-1-2-4-21(18)13-17)30-27(24(22)16-23)19-7-9-20(10-8-19)28(33)31-34/h1-13,16,25,34H,14-15H2,(H,31,33). The number of amides is 1. The summed E-state index contributed by atoms with van der Waals surface area (Å²) in [6, 6.07) is 26.0. The zero-order valence-corrected chi connectivity index (χ0v) is 18.9. The van der Waals surface area contributed by atoms with Crippen molar-refractivity contribution in [3.8, 4) is 0 Å². The summed E-state index contributed by atoms with van der Waals surface area (Å²) in [6.07, 6.45) is 0.753. The van der Waals surface area contributed by atoms with E-state index in [-0.39, 0.29) is 12.2 Å². The van der Waals surface area contributed by atoms with Crippen molar-refractivity contribution in [2.45, 2.75) is 18.9 Å². The SMILES string of the molecule is O=C(NO)c1ccc(C2=NC(Cc3ccc4ccccc4c3)C(=O)Cc3ccc(Cl)cc32)cc1. The molecule has 1 aliphatic rings. The molecule has 5 rings (SSSR count). The first-order chi connectivity index (χ1) is 16.5. The highest BCUT2D eigenvalue weighted by atomic mass is 35.5. The monoisotopic (exact) mass is 468 g/mol. The molecule has 1 aliphatic heterocycles. The predicted octanol–water partition coefficient (Wildman–Crippen LogP) is 5.19. The molecule has 34 heavy (non-hydrogen) atoms. The molecule has 0 saturated heterocycles. The third kappa shape index (κ3) is 4.36. The minimum Gasteiger partial charge on any atom is -0.297 e. The Bertz CT molecular complexity index is 1440. The number of carbonyl (C=O) groups excluding carboxylic acids is 2. The molecule has 4 aromatic carbocycles. The molecule has 1 amide bonds. The summed E-state index contributed by atoms with van der Waals surface area (Å²) in [6.45, 7) is 0. The van der Waals surface area contributed by atoms with Gasteiger partial charge in [-0.25, -0.2) is 5.48 Å². The maximum absolute atomic E-state index is 13.3. The molecule has 4 aromatic rings. The second-order valence-electron chi connectivity index (χ2n) is 8.34. The van der Waals surface area contributed by atoms with Gasteiger partial charge in [-0.05, 0) is 46.2 Å². The number of hydrogen-bond acceptors (Lipinski definition) is 4. The van der Waals surface area contributed by atoms with Gasteiger partial charge in [0.05, 0.1) is 5.71 Å². The fourth-order valence-electron chi connectivity index (χ4n) is 4.35. The summed E-state index contributed by atoms with van der Waals surface area (Å²) in [5.74, 6) is -0.551. The Morgan fingerprint density at radius 2 is 1.74 bits per heavy atom. The molecular weight excluding hydrogens is 448 g/mol. The van der Waals surface area contributed by atoms with Gasteiger partial charge in [-0.3, -0.25) is 19.8 Å². The molecule has 1 unspecified atom stereocenters. The van der Waals surface area contributed by atoms with Gasteiger partial charge in [0.25, 0.3) is 5.91 Å². The van der Waals surface area contributed by atoms with Gasteiger partial charge in [0.1, 0.15) is 6.04 Å². The molecule has 0 radical (unpaired) electrons. The first-order valence-corrected chi connectivity index (χ1v) is 11.3.